The molecule has 21 heavy (non-hydrogen) atoms. The molecule has 0 bridgehead atoms. The fourth-order valence-electron chi connectivity index (χ4n) is 2.25. The highest BCUT2D eigenvalue weighted by molar-refractivity contribution is 9.10. The molecule has 3 aromatic rings. The first-order valence-electron chi connectivity index (χ1n) is 6.34. The minimum absolute atomic E-state index is 0.287. The molecule has 0 spiro atoms. The topological polar surface area (TPSA) is 52.0 Å². The molecule has 2 aromatic carbocycles. The summed E-state index contributed by atoms with van der Waals surface area (Å²) in [6.45, 7) is 2.03. The predicted molar refractivity (Wildman–Crippen MR) is 89.2 cm³/mol. The number of aromatic nitrogens is 1. The van der Waals surface area contributed by atoms with Gasteiger partial charge in [0.1, 0.15) is 5.69 Å². The van der Waals surface area contributed by atoms with Gasteiger partial charge in [-0.1, -0.05) is 68.6 Å². The van der Waals surface area contributed by atoms with E-state index in [1.165, 1.54) is 0 Å². The molecular formula is C16H12BrClN2O. The molecule has 0 saturated heterocycles. The molecule has 1 heterocycles. The summed E-state index contributed by atoms with van der Waals surface area (Å²) in [5, 5.41) is 4.67. The molecule has 0 radical (unpaired) electrons. The molecule has 0 aliphatic carbocycles. The van der Waals surface area contributed by atoms with E-state index >= 15 is 0 Å². The van der Waals surface area contributed by atoms with Gasteiger partial charge in [-0.15, -0.1) is 0 Å². The Morgan fingerprint density at radius 1 is 1.19 bits per heavy atom. The zero-order valence-corrected chi connectivity index (χ0v) is 13.6. The SMILES string of the molecule is Cc1cccc(-c2c(-c3ccc(Br)cc3Cl)noc2N)c1. The van der Waals surface area contributed by atoms with Crippen molar-refractivity contribution in [2.24, 2.45) is 0 Å². The number of hydrogen-bond donors (Lipinski definition) is 1. The van der Waals surface area contributed by atoms with Crippen molar-refractivity contribution >= 4 is 33.4 Å². The van der Waals surface area contributed by atoms with Crippen LogP contribution in [0.4, 0.5) is 5.88 Å². The van der Waals surface area contributed by atoms with Crippen LogP contribution < -0.4 is 5.73 Å². The Bertz CT molecular complexity index is 814. The second-order valence-corrected chi connectivity index (χ2v) is 6.09. The fraction of sp³-hybridized carbons (Fsp3) is 0.0625. The maximum atomic E-state index is 6.31. The van der Waals surface area contributed by atoms with Crippen LogP contribution in [0.5, 0.6) is 0 Å². The highest BCUT2D eigenvalue weighted by Gasteiger charge is 2.19. The molecule has 0 saturated carbocycles. The van der Waals surface area contributed by atoms with Crippen molar-refractivity contribution in [2.45, 2.75) is 6.92 Å². The highest BCUT2D eigenvalue weighted by Crippen LogP contribution is 2.39. The molecule has 0 atom stereocenters. The van der Waals surface area contributed by atoms with E-state index < -0.39 is 0 Å². The lowest BCUT2D eigenvalue weighted by atomic mass is 9.99. The number of rotatable bonds is 2. The first-order chi connectivity index (χ1) is 10.1. The molecule has 0 fully saturated rings. The van der Waals surface area contributed by atoms with Gasteiger partial charge in [0.25, 0.3) is 0 Å². The average Bonchev–Trinajstić information content (AvgIpc) is 2.80. The van der Waals surface area contributed by atoms with Gasteiger partial charge >= 0.3 is 0 Å². The van der Waals surface area contributed by atoms with Crippen LogP contribution in [0.1, 0.15) is 5.56 Å². The first kappa shape index (κ1) is 14.2. The molecule has 0 unspecified atom stereocenters. The number of nitrogens with two attached hydrogens (primary N) is 1. The van der Waals surface area contributed by atoms with E-state index in [1.807, 2.05) is 49.4 Å². The van der Waals surface area contributed by atoms with Crippen LogP contribution in [0.15, 0.2) is 51.5 Å². The summed E-state index contributed by atoms with van der Waals surface area (Å²) in [7, 11) is 0. The zero-order valence-electron chi connectivity index (χ0n) is 11.2. The summed E-state index contributed by atoms with van der Waals surface area (Å²) >= 11 is 9.71. The van der Waals surface area contributed by atoms with Gasteiger partial charge in [-0.05, 0) is 24.6 Å². The number of aryl methyl sites for hydroxylation is 1. The fourth-order valence-corrected chi connectivity index (χ4v) is 3.01. The standard InChI is InChI=1S/C16H12BrClN2O/c1-9-3-2-4-10(7-9)14-15(20-21-16(14)19)12-6-5-11(17)8-13(12)18/h2-8H,19H2,1H3. The van der Waals surface area contributed by atoms with Crippen molar-refractivity contribution in [1.29, 1.82) is 0 Å². The van der Waals surface area contributed by atoms with E-state index in [2.05, 4.69) is 21.1 Å². The minimum Gasteiger partial charge on any atom is -0.367 e. The summed E-state index contributed by atoms with van der Waals surface area (Å²) < 4.78 is 6.09. The molecule has 2 N–H and O–H groups in total. The number of halogens is 2. The van der Waals surface area contributed by atoms with Crippen LogP contribution in [0.3, 0.4) is 0 Å². The van der Waals surface area contributed by atoms with Gasteiger partial charge in [0.05, 0.1) is 10.6 Å². The largest absolute Gasteiger partial charge is 0.367 e. The number of benzene rings is 2. The van der Waals surface area contributed by atoms with Gasteiger partial charge in [-0.3, -0.25) is 0 Å². The van der Waals surface area contributed by atoms with E-state index in [1.54, 1.807) is 0 Å². The first-order valence-corrected chi connectivity index (χ1v) is 7.51. The van der Waals surface area contributed by atoms with Gasteiger partial charge in [0.15, 0.2) is 0 Å². The third kappa shape index (κ3) is 2.69. The van der Waals surface area contributed by atoms with Crippen molar-refractivity contribution in [1.82, 2.24) is 5.16 Å². The summed E-state index contributed by atoms with van der Waals surface area (Å²) in [4.78, 5) is 0. The van der Waals surface area contributed by atoms with Crippen LogP contribution in [0, 0.1) is 6.92 Å². The Morgan fingerprint density at radius 3 is 2.71 bits per heavy atom. The molecule has 106 valence electrons. The zero-order chi connectivity index (χ0) is 15.0. The van der Waals surface area contributed by atoms with E-state index in [-0.39, 0.29) is 5.88 Å². The van der Waals surface area contributed by atoms with Crippen molar-refractivity contribution in [3.63, 3.8) is 0 Å². The Hall–Kier alpha value is -1.78. The van der Waals surface area contributed by atoms with Crippen LogP contribution >= 0.6 is 27.5 Å². The molecule has 5 heteroatoms. The van der Waals surface area contributed by atoms with E-state index in [4.69, 9.17) is 21.9 Å². The van der Waals surface area contributed by atoms with Crippen molar-refractivity contribution in [3.8, 4) is 22.4 Å². The third-order valence-electron chi connectivity index (χ3n) is 3.21. The second-order valence-electron chi connectivity index (χ2n) is 4.76. The van der Waals surface area contributed by atoms with E-state index in [0.29, 0.717) is 10.7 Å². The lowest BCUT2D eigenvalue weighted by Gasteiger charge is -2.06. The number of nitrogens with zero attached hydrogens (tertiary/aromatic N) is 1. The number of hydrogen-bond acceptors (Lipinski definition) is 3. The quantitative estimate of drug-likeness (QED) is 0.671. The van der Waals surface area contributed by atoms with Gasteiger partial charge < -0.3 is 10.3 Å². The summed E-state index contributed by atoms with van der Waals surface area (Å²) in [6.07, 6.45) is 0. The molecule has 0 aliphatic heterocycles. The smallest absolute Gasteiger partial charge is 0.230 e. The van der Waals surface area contributed by atoms with Gasteiger partial charge in [0.2, 0.25) is 5.88 Å². The number of nitrogen functional groups attached to an aromatic ring is 1. The van der Waals surface area contributed by atoms with Crippen molar-refractivity contribution in [3.05, 3.63) is 57.5 Å². The normalized spacial score (nSPS) is 10.8. The second kappa shape index (κ2) is 5.54. The molecule has 3 rings (SSSR count). The molecule has 1 aromatic heterocycles. The number of anilines is 1. The van der Waals surface area contributed by atoms with Crippen LogP contribution in [0.2, 0.25) is 5.02 Å². The van der Waals surface area contributed by atoms with Crippen LogP contribution in [-0.4, -0.2) is 5.16 Å². The van der Waals surface area contributed by atoms with Gasteiger partial charge in [-0.2, -0.15) is 0 Å². The molecule has 0 aliphatic rings. The maximum absolute atomic E-state index is 6.31. The van der Waals surface area contributed by atoms with Crippen molar-refractivity contribution in [2.75, 3.05) is 5.73 Å². The predicted octanol–water partition coefficient (Wildman–Crippen LogP) is 5.32. The Kier molecular flexibility index (Phi) is 3.74. The van der Waals surface area contributed by atoms with E-state index in [0.717, 1.165) is 26.7 Å². The highest BCUT2D eigenvalue weighted by atomic mass is 79.9. The third-order valence-corrected chi connectivity index (χ3v) is 4.02. The Morgan fingerprint density at radius 2 is 2.00 bits per heavy atom. The summed E-state index contributed by atoms with van der Waals surface area (Å²) in [5.74, 6) is 0.287. The molecule has 0 amide bonds. The Labute approximate surface area is 135 Å². The van der Waals surface area contributed by atoms with Crippen LogP contribution in [0.25, 0.3) is 22.4 Å². The van der Waals surface area contributed by atoms with Gasteiger partial charge in [0, 0.05) is 10.0 Å². The van der Waals surface area contributed by atoms with E-state index in [9.17, 15) is 0 Å². The van der Waals surface area contributed by atoms with Gasteiger partial charge in [-0.25, -0.2) is 0 Å². The Balaban J connectivity index is 2.22. The average molecular weight is 364 g/mol. The minimum atomic E-state index is 0.287. The lowest BCUT2D eigenvalue weighted by Crippen LogP contribution is -1.89. The van der Waals surface area contributed by atoms with Crippen LogP contribution in [-0.2, 0) is 0 Å². The molecular weight excluding hydrogens is 352 g/mol. The molecule has 3 nitrogen and oxygen atoms in total. The lowest BCUT2D eigenvalue weighted by molar-refractivity contribution is 0.439. The maximum Gasteiger partial charge on any atom is 0.230 e. The summed E-state index contributed by atoms with van der Waals surface area (Å²) in [5.41, 5.74) is 10.3. The summed E-state index contributed by atoms with van der Waals surface area (Å²) in [6, 6.07) is 13.6. The monoisotopic (exact) mass is 362 g/mol. The van der Waals surface area contributed by atoms with Crippen molar-refractivity contribution < 1.29 is 4.52 Å².